The van der Waals surface area contributed by atoms with Crippen LogP contribution in [0.15, 0.2) is 0 Å². The summed E-state index contributed by atoms with van der Waals surface area (Å²) in [5, 5.41) is 0.548. The molecule has 0 aliphatic rings. The van der Waals surface area contributed by atoms with Crippen molar-refractivity contribution in [2.45, 2.75) is 52.2 Å². The Balaban J connectivity index is 4.00. The van der Waals surface area contributed by atoms with Crippen molar-refractivity contribution in [2.75, 3.05) is 5.75 Å². The largest absolute Gasteiger partial charge is 0.185 e. The van der Waals surface area contributed by atoms with Crippen LogP contribution in [0.5, 0.6) is 0 Å². The molecule has 0 bridgehead atoms. The van der Waals surface area contributed by atoms with Crippen molar-refractivity contribution in [3.63, 3.8) is 0 Å². The van der Waals surface area contributed by atoms with E-state index in [0.29, 0.717) is 5.04 Å². The van der Waals surface area contributed by atoms with Gasteiger partial charge in [-0.15, -0.1) is 0 Å². The SMILES string of the molecule is CCCS[Si](C)(C)C(C)(C)C. The smallest absolute Gasteiger partial charge is 0.116 e. The standard InChI is InChI=1S/C9H22SSi/c1-7-8-10-11(5,6)9(2,3)4/h7-8H2,1-6H3. The summed E-state index contributed by atoms with van der Waals surface area (Å²) in [7, 11) is -1.01. The van der Waals surface area contributed by atoms with Gasteiger partial charge < -0.3 is 0 Å². The first-order chi connectivity index (χ1) is 4.81. The molecule has 0 saturated heterocycles. The Morgan fingerprint density at radius 1 is 1.18 bits per heavy atom. The van der Waals surface area contributed by atoms with Gasteiger partial charge in [0.1, 0.15) is 7.22 Å². The minimum Gasteiger partial charge on any atom is -0.185 e. The molecule has 0 aliphatic carbocycles. The van der Waals surface area contributed by atoms with E-state index >= 15 is 0 Å². The highest BCUT2D eigenvalue weighted by Gasteiger charge is 2.35. The second-order valence-electron chi connectivity index (χ2n) is 4.61. The van der Waals surface area contributed by atoms with Gasteiger partial charge in [0.15, 0.2) is 0 Å². The molecule has 11 heavy (non-hydrogen) atoms. The molecular weight excluding hydrogens is 168 g/mol. The Kier molecular flexibility index (Phi) is 4.20. The maximum Gasteiger partial charge on any atom is 0.116 e. The molecule has 0 spiro atoms. The second kappa shape index (κ2) is 3.99. The molecule has 0 aromatic rings. The van der Waals surface area contributed by atoms with Gasteiger partial charge in [0, 0.05) is 0 Å². The third-order valence-electron chi connectivity index (χ3n) is 2.47. The van der Waals surface area contributed by atoms with E-state index in [9.17, 15) is 0 Å². The quantitative estimate of drug-likeness (QED) is 0.603. The van der Waals surface area contributed by atoms with Gasteiger partial charge in [0.2, 0.25) is 0 Å². The van der Waals surface area contributed by atoms with E-state index in [1.165, 1.54) is 12.2 Å². The molecule has 0 radical (unpaired) electrons. The lowest BCUT2D eigenvalue weighted by Gasteiger charge is -2.36. The highest BCUT2D eigenvalue weighted by molar-refractivity contribution is 8.29. The van der Waals surface area contributed by atoms with E-state index in [1.807, 2.05) is 0 Å². The van der Waals surface area contributed by atoms with Crippen LogP contribution >= 0.6 is 11.2 Å². The summed E-state index contributed by atoms with van der Waals surface area (Å²) in [4.78, 5) is 0. The second-order valence-corrected chi connectivity index (χ2v) is 13.8. The van der Waals surface area contributed by atoms with Crippen molar-refractivity contribution < 1.29 is 0 Å². The molecular formula is C9H22SSi. The van der Waals surface area contributed by atoms with E-state index in [-0.39, 0.29) is 0 Å². The lowest BCUT2D eigenvalue weighted by atomic mass is 10.2. The average Bonchev–Trinajstić information content (AvgIpc) is 1.81. The summed E-state index contributed by atoms with van der Waals surface area (Å²) in [6.07, 6.45) is 1.32. The third-order valence-corrected chi connectivity index (χ3v) is 12.0. The van der Waals surface area contributed by atoms with Crippen LogP contribution < -0.4 is 0 Å². The fourth-order valence-corrected chi connectivity index (χ4v) is 5.16. The summed E-state index contributed by atoms with van der Waals surface area (Å²) in [6.45, 7) is 14.4. The van der Waals surface area contributed by atoms with Crippen molar-refractivity contribution in [1.29, 1.82) is 0 Å². The van der Waals surface area contributed by atoms with E-state index in [4.69, 9.17) is 0 Å². The summed E-state index contributed by atoms with van der Waals surface area (Å²) in [5.74, 6) is 1.34. The van der Waals surface area contributed by atoms with E-state index < -0.39 is 7.22 Å². The lowest BCUT2D eigenvalue weighted by molar-refractivity contribution is 0.736. The minimum atomic E-state index is -1.01. The lowest BCUT2D eigenvalue weighted by Crippen LogP contribution is -2.33. The van der Waals surface area contributed by atoms with Gasteiger partial charge in [-0.1, -0.05) is 40.8 Å². The summed E-state index contributed by atoms with van der Waals surface area (Å²) >= 11 is 2.22. The van der Waals surface area contributed by atoms with Gasteiger partial charge in [-0.2, -0.15) is 11.2 Å². The van der Waals surface area contributed by atoms with E-state index in [1.54, 1.807) is 0 Å². The third kappa shape index (κ3) is 3.65. The van der Waals surface area contributed by atoms with Crippen molar-refractivity contribution in [3.8, 4) is 0 Å². The van der Waals surface area contributed by atoms with Crippen molar-refractivity contribution >= 4 is 18.4 Å². The van der Waals surface area contributed by atoms with Crippen LogP contribution in [0.3, 0.4) is 0 Å². The Morgan fingerprint density at radius 2 is 1.64 bits per heavy atom. The molecule has 68 valence electrons. The Labute approximate surface area is 76.8 Å². The van der Waals surface area contributed by atoms with Gasteiger partial charge in [-0.25, -0.2) is 0 Å². The van der Waals surface area contributed by atoms with Crippen LogP contribution in [0.4, 0.5) is 0 Å². The zero-order chi connectivity index (χ0) is 9.12. The first kappa shape index (κ1) is 11.6. The summed E-state index contributed by atoms with van der Waals surface area (Å²) < 4.78 is 0. The van der Waals surface area contributed by atoms with Crippen molar-refractivity contribution in [2.24, 2.45) is 0 Å². The summed E-state index contributed by atoms with van der Waals surface area (Å²) in [5.41, 5.74) is 0. The molecule has 0 atom stereocenters. The van der Waals surface area contributed by atoms with E-state index in [0.717, 1.165) is 0 Å². The molecule has 0 aromatic carbocycles. The molecule has 0 rings (SSSR count). The van der Waals surface area contributed by atoms with Gasteiger partial charge in [0.25, 0.3) is 0 Å². The average molecular weight is 190 g/mol. The van der Waals surface area contributed by atoms with Gasteiger partial charge in [0.05, 0.1) is 0 Å². The molecule has 0 amide bonds. The Bertz CT molecular complexity index is 113. The predicted molar refractivity (Wildman–Crippen MR) is 59.9 cm³/mol. The van der Waals surface area contributed by atoms with Gasteiger partial charge in [-0.05, 0) is 17.2 Å². The highest BCUT2D eigenvalue weighted by atomic mass is 32.4. The van der Waals surface area contributed by atoms with Crippen molar-refractivity contribution in [3.05, 3.63) is 0 Å². The Morgan fingerprint density at radius 3 is 1.91 bits per heavy atom. The number of rotatable bonds is 3. The fraction of sp³-hybridized carbons (Fsp3) is 1.00. The molecule has 0 fully saturated rings. The molecule has 0 nitrogen and oxygen atoms in total. The minimum absolute atomic E-state index is 0.548. The zero-order valence-electron chi connectivity index (χ0n) is 8.82. The maximum absolute atomic E-state index is 2.48. The predicted octanol–water partition coefficient (Wildman–Crippen LogP) is 4.13. The first-order valence-electron chi connectivity index (χ1n) is 4.45. The van der Waals surface area contributed by atoms with Crippen LogP contribution in [-0.4, -0.2) is 13.0 Å². The van der Waals surface area contributed by atoms with Gasteiger partial charge in [-0.3, -0.25) is 0 Å². The fourth-order valence-electron chi connectivity index (χ4n) is 0.574. The van der Waals surface area contributed by atoms with Crippen LogP contribution in [0.25, 0.3) is 0 Å². The van der Waals surface area contributed by atoms with Crippen LogP contribution in [0, 0.1) is 0 Å². The van der Waals surface area contributed by atoms with Gasteiger partial charge >= 0.3 is 0 Å². The first-order valence-corrected chi connectivity index (χ1v) is 9.16. The van der Waals surface area contributed by atoms with Crippen LogP contribution in [0.2, 0.25) is 18.1 Å². The number of hydrogen-bond donors (Lipinski definition) is 0. The molecule has 0 unspecified atom stereocenters. The molecule has 0 heterocycles. The molecule has 0 aliphatic heterocycles. The summed E-state index contributed by atoms with van der Waals surface area (Å²) in [6, 6.07) is 0. The van der Waals surface area contributed by atoms with Crippen LogP contribution in [-0.2, 0) is 0 Å². The molecule has 2 heteroatoms. The van der Waals surface area contributed by atoms with E-state index in [2.05, 4.69) is 52.0 Å². The maximum atomic E-state index is 2.48. The molecule has 0 saturated carbocycles. The highest BCUT2D eigenvalue weighted by Crippen LogP contribution is 2.43. The topological polar surface area (TPSA) is 0 Å². The monoisotopic (exact) mass is 190 g/mol. The van der Waals surface area contributed by atoms with Crippen LogP contribution in [0.1, 0.15) is 34.1 Å². The molecule has 0 N–H and O–H groups in total. The zero-order valence-corrected chi connectivity index (χ0v) is 10.6. The Hall–Kier alpha value is 0.567. The number of hydrogen-bond acceptors (Lipinski definition) is 1. The normalized spacial score (nSPS) is 13.6. The molecule has 0 aromatic heterocycles. The van der Waals surface area contributed by atoms with Crippen molar-refractivity contribution in [1.82, 2.24) is 0 Å².